The van der Waals surface area contributed by atoms with E-state index in [1.807, 2.05) is 0 Å². The Morgan fingerprint density at radius 2 is 1.87 bits per heavy atom. The standard InChI is InChI=1S/C10H19NO4/c1-9(12)11(6-4-8-14-2)7-5-10(13)15-3/h4-8H2,1-3H3. The first kappa shape index (κ1) is 13.9. The molecule has 0 aromatic carbocycles. The highest BCUT2D eigenvalue weighted by molar-refractivity contribution is 5.74. The van der Waals surface area contributed by atoms with Gasteiger partial charge in [-0.05, 0) is 6.42 Å². The van der Waals surface area contributed by atoms with Crippen LogP contribution in [0.1, 0.15) is 19.8 Å². The van der Waals surface area contributed by atoms with E-state index in [1.165, 1.54) is 14.0 Å². The van der Waals surface area contributed by atoms with Crippen LogP contribution in [-0.4, -0.2) is 50.7 Å². The van der Waals surface area contributed by atoms with Gasteiger partial charge < -0.3 is 14.4 Å². The maximum absolute atomic E-state index is 11.2. The number of esters is 1. The van der Waals surface area contributed by atoms with Gasteiger partial charge >= 0.3 is 5.97 Å². The largest absolute Gasteiger partial charge is 0.469 e. The number of ether oxygens (including phenoxy) is 2. The molecular weight excluding hydrogens is 198 g/mol. The van der Waals surface area contributed by atoms with Crippen molar-refractivity contribution in [1.29, 1.82) is 0 Å². The molecule has 0 rings (SSSR count). The Kier molecular flexibility index (Phi) is 7.62. The van der Waals surface area contributed by atoms with Gasteiger partial charge in [0.25, 0.3) is 0 Å². The molecule has 0 aromatic heterocycles. The summed E-state index contributed by atoms with van der Waals surface area (Å²) in [6.07, 6.45) is 1.01. The Hall–Kier alpha value is -1.10. The van der Waals surface area contributed by atoms with Crippen LogP contribution in [0.15, 0.2) is 0 Å². The average Bonchev–Trinajstić information content (AvgIpc) is 2.22. The Labute approximate surface area is 90.3 Å². The highest BCUT2D eigenvalue weighted by Crippen LogP contribution is 1.97. The molecule has 0 spiro atoms. The molecule has 0 fully saturated rings. The minimum atomic E-state index is -0.298. The van der Waals surface area contributed by atoms with Crippen molar-refractivity contribution in [2.75, 3.05) is 33.9 Å². The molecule has 0 atom stereocenters. The molecule has 0 aliphatic heterocycles. The summed E-state index contributed by atoms with van der Waals surface area (Å²) in [4.78, 5) is 23.7. The van der Waals surface area contributed by atoms with Crippen LogP contribution in [0.4, 0.5) is 0 Å². The lowest BCUT2D eigenvalue weighted by Crippen LogP contribution is -2.32. The van der Waals surface area contributed by atoms with Gasteiger partial charge in [0.05, 0.1) is 13.5 Å². The number of rotatable bonds is 7. The molecule has 0 aliphatic carbocycles. The third-order valence-corrected chi connectivity index (χ3v) is 2.04. The van der Waals surface area contributed by atoms with Crippen LogP contribution in [0.25, 0.3) is 0 Å². The highest BCUT2D eigenvalue weighted by Gasteiger charge is 2.10. The number of carbonyl (C=O) groups excluding carboxylic acids is 2. The third kappa shape index (κ3) is 6.90. The molecule has 1 amide bonds. The minimum Gasteiger partial charge on any atom is -0.469 e. The van der Waals surface area contributed by atoms with Gasteiger partial charge in [0.2, 0.25) is 5.91 Å². The van der Waals surface area contributed by atoms with Gasteiger partial charge in [-0.25, -0.2) is 0 Å². The van der Waals surface area contributed by atoms with E-state index < -0.39 is 0 Å². The zero-order valence-corrected chi connectivity index (χ0v) is 9.62. The molecule has 0 heterocycles. The van der Waals surface area contributed by atoms with E-state index in [-0.39, 0.29) is 18.3 Å². The molecule has 88 valence electrons. The SMILES string of the molecule is COCCCN(CCC(=O)OC)C(C)=O. The molecule has 5 heteroatoms. The van der Waals surface area contributed by atoms with Gasteiger partial charge in [0.1, 0.15) is 0 Å². The average molecular weight is 217 g/mol. The smallest absolute Gasteiger partial charge is 0.307 e. The van der Waals surface area contributed by atoms with E-state index in [2.05, 4.69) is 4.74 Å². The molecule has 0 saturated carbocycles. The monoisotopic (exact) mass is 217 g/mol. The van der Waals surface area contributed by atoms with Crippen molar-refractivity contribution >= 4 is 11.9 Å². The Morgan fingerprint density at radius 3 is 2.33 bits per heavy atom. The van der Waals surface area contributed by atoms with Crippen LogP contribution in [0.3, 0.4) is 0 Å². The van der Waals surface area contributed by atoms with E-state index in [0.29, 0.717) is 19.7 Å². The Balaban J connectivity index is 3.83. The molecule has 0 aliphatic rings. The van der Waals surface area contributed by atoms with Crippen molar-refractivity contribution < 1.29 is 19.1 Å². The van der Waals surface area contributed by atoms with Gasteiger partial charge in [-0.3, -0.25) is 9.59 Å². The predicted octanol–water partition coefficient (Wildman–Crippen LogP) is 0.435. The normalized spacial score (nSPS) is 9.80. The third-order valence-electron chi connectivity index (χ3n) is 2.04. The van der Waals surface area contributed by atoms with Crippen LogP contribution in [0, 0.1) is 0 Å². The second kappa shape index (κ2) is 8.23. The first-order valence-electron chi connectivity index (χ1n) is 4.93. The predicted molar refractivity (Wildman–Crippen MR) is 55.4 cm³/mol. The van der Waals surface area contributed by atoms with Gasteiger partial charge in [0, 0.05) is 33.7 Å². The lowest BCUT2D eigenvalue weighted by Gasteiger charge is -2.20. The second-order valence-electron chi connectivity index (χ2n) is 3.18. The van der Waals surface area contributed by atoms with Crippen molar-refractivity contribution in [3.8, 4) is 0 Å². The van der Waals surface area contributed by atoms with Crippen molar-refractivity contribution in [1.82, 2.24) is 4.90 Å². The maximum atomic E-state index is 11.2. The lowest BCUT2D eigenvalue weighted by atomic mass is 10.3. The van der Waals surface area contributed by atoms with Crippen LogP contribution >= 0.6 is 0 Å². The zero-order valence-electron chi connectivity index (χ0n) is 9.62. The van der Waals surface area contributed by atoms with Crippen molar-refractivity contribution in [2.45, 2.75) is 19.8 Å². The summed E-state index contributed by atoms with van der Waals surface area (Å²) < 4.78 is 9.39. The molecule has 0 N–H and O–H groups in total. The van der Waals surface area contributed by atoms with Crippen molar-refractivity contribution in [3.63, 3.8) is 0 Å². The summed E-state index contributed by atoms with van der Waals surface area (Å²) in [5.74, 6) is -0.331. The van der Waals surface area contributed by atoms with Gasteiger partial charge in [-0.15, -0.1) is 0 Å². The van der Waals surface area contributed by atoms with Crippen LogP contribution < -0.4 is 0 Å². The number of methoxy groups -OCH3 is 2. The van der Waals surface area contributed by atoms with Crippen molar-refractivity contribution in [2.24, 2.45) is 0 Å². The fraction of sp³-hybridized carbons (Fsp3) is 0.800. The van der Waals surface area contributed by atoms with Crippen LogP contribution in [-0.2, 0) is 19.1 Å². The molecule has 0 aromatic rings. The van der Waals surface area contributed by atoms with E-state index in [0.717, 1.165) is 6.42 Å². The van der Waals surface area contributed by atoms with Crippen molar-refractivity contribution in [3.05, 3.63) is 0 Å². The summed E-state index contributed by atoms with van der Waals surface area (Å²) in [7, 11) is 2.96. The molecule has 0 unspecified atom stereocenters. The zero-order chi connectivity index (χ0) is 11.7. The van der Waals surface area contributed by atoms with Crippen LogP contribution in [0.2, 0.25) is 0 Å². The fourth-order valence-corrected chi connectivity index (χ4v) is 1.15. The topological polar surface area (TPSA) is 55.8 Å². The van der Waals surface area contributed by atoms with Gasteiger partial charge in [-0.1, -0.05) is 0 Å². The summed E-state index contributed by atoms with van der Waals surface area (Å²) >= 11 is 0. The van der Waals surface area contributed by atoms with E-state index in [9.17, 15) is 9.59 Å². The number of hydrogen-bond acceptors (Lipinski definition) is 4. The maximum Gasteiger partial charge on any atom is 0.307 e. The number of carbonyl (C=O) groups is 2. The van der Waals surface area contributed by atoms with E-state index in [1.54, 1.807) is 12.0 Å². The molecule has 0 bridgehead atoms. The summed E-state index contributed by atoms with van der Waals surface area (Å²) in [6.45, 7) is 3.12. The van der Waals surface area contributed by atoms with Gasteiger partial charge in [-0.2, -0.15) is 0 Å². The number of amides is 1. The summed E-state index contributed by atoms with van der Waals surface area (Å²) in [6, 6.07) is 0. The highest BCUT2D eigenvalue weighted by atomic mass is 16.5. The van der Waals surface area contributed by atoms with E-state index >= 15 is 0 Å². The second-order valence-corrected chi connectivity index (χ2v) is 3.18. The van der Waals surface area contributed by atoms with Crippen LogP contribution in [0.5, 0.6) is 0 Å². The Morgan fingerprint density at radius 1 is 1.20 bits per heavy atom. The van der Waals surface area contributed by atoms with E-state index in [4.69, 9.17) is 4.74 Å². The molecule has 15 heavy (non-hydrogen) atoms. The molecule has 5 nitrogen and oxygen atoms in total. The fourth-order valence-electron chi connectivity index (χ4n) is 1.15. The Bertz CT molecular complexity index is 206. The summed E-state index contributed by atoms with van der Waals surface area (Å²) in [5.41, 5.74) is 0. The quantitative estimate of drug-likeness (QED) is 0.458. The number of hydrogen-bond donors (Lipinski definition) is 0. The van der Waals surface area contributed by atoms with Gasteiger partial charge in [0.15, 0.2) is 0 Å². The molecular formula is C10H19NO4. The first-order valence-corrected chi connectivity index (χ1v) is 4.93. The minimum absolute atomic E-state index is 0.0324. The lowest BCUT2D eigenvalue weighted by molar-refractivity contribution is -0.141. The molecule has 0 radical (unpaired) electrons. The summed E-state index contributed by atoms with van der Waals surface area (Å²) in [5, 5.41) is 0. The molecule has 0 saturated heterocycles. The first-order chi connectivity index (χ1) is 7.11. The number of nitrogens with zero attached hydrogens (tertiary/aromatic N) is 1.